The van der Waals surface area contributed by atoms with Crippen LogP contribution in [0.4, 0.5) is 0 Å². The molecule has 8 heteroatoms. The Hall–Kier alpha value is -2.17. The van der Waals surface area contributed by atoms with E-state index in [9.17, 15) is 10.1 Å². The Morgan fingerprint density at radius 1 is 1.17 bits per heavy atom. The van der Waals surface area contributed by atoms with Crippen molar-refractivity contribution in [2.24, 2.45) is 34.5 Å². The maximum atomic E-state index is 13.2. The first-order valence-corrected chi connectivity index (χ1v) is 10.8. The molecule has 4 bridgehead atoms. The molecule has 4 saturated carbocycles. The summed E-state index contributed by atoms with van der Waals surface area (Å²) in [5.41, 5.74) is 8.69. The Morgan fingerprint density at radius 3 is 2.28 bits per heavy atom. The first-order valence-electron chi connectivity index (χ1n) is 10.0. The summed E-state index contributed by atoms with van der Waals surface area (Å²) in [6.45, 7) is 0. The molecule has 1 amide bonds. The number of nitrogens with one attached hydrogen (secondary N) is 2. The Balaban J connectivity index is 1.57. The molecule has 0 aliphatic heterocycles. The number of hydrogen-bond acceptors (Lipinski definition) is 4. The van der Waals surface area contributed by atoms with E-state index in [0.717, 1.165) is 11.8 Å². The first-order chi connectivity index (χ1) is 13.9. The summed E-state index contributed by atoms with van der Waals surface area (Å²) in [5, 5.41) is 17.6. The Morgan fingerprint density at radius 2 is 1.76 bits per heavy atom. The van der Waals surface area contributed by atoms with Crippen LogP contribution in [-0.2, 0) is 4.79 Å². The molecule has 29 heavy (non-hydrogen) atoms. The highest BCUT2D eigenvalue weighted by atomic mass is 35.5. The minimum Gasteiger partial charge on any atom is -0.375 e. The van der Waals surface area contributed by atoms with Crippen molar-refractivity contribution in [2.75, 3.05) is 0 Å². The van der Waals surface area contributed by atoms with Crippen LogP contribution in [0.2, 0.25) is 5.02 Å². The van der Waals surface area contributed by atoms with Crippen molar-refractivity contribution in [2.45, 2.75) is 44.1 Å². The lowest BCUT2D eigenvalue weighted by Crippen LogP contribution is -2.57. The molecule has 152 valence electrons. The Bertz CT molecular complexity index is 850. The van der Waals surface area contributed by atoms with E-state index in [0.29, 0.717) is 22.4 Å². The fourth-order valence-corrected chi connectivity index (χ4v) is 5.87. The minimum atomic E-state index is -0.856. The molecular weight excluding hydrogens is 406 g/mol. The van der Waals surface area contributed by atoms with Crippen LogP contribution in [0.3, 0.4) is 0 Å². The first kappa shape index (κ1) is 20.1. The predicted octanol–water partition coefficient (Wildman–Crippen LogP) is 3.08. The lowest BCUT2D eigenvalue weighted by Gasteiger charge is -2.54. The van der Waals surface area contributed by atoms with Gasteiger partial charge in [0.1, 0.15) is 11.6 Å². The molecule has 1 aromatic carbocycles. The van der Waals surface area contributed by atoms with E-state index in [4.69, 9.17) is 29.6 Å². The van der Waals surface area contributed by atoms with Crippen LogP contribution in [0, 0.1) is 35.0 Å². The van der Waals surface area contributed by atoms with Crippen LogP contribution in [-0.4, -0.2) is 22.8 Å². The van der Waals surface area contributed by atoms with Crippen LogP contribution in [0.5, 0.6) is 0 Å². The average molecular weight is 430 g/mol. The SMILES string of the molecule is N#CC(/C(=N\NC(N)=S)C(=O)NC1C2CC3CC(C2)CC1C3)c1ccc(Cl)cc1. The molecule has 4 fully saturated rings. The van der Waals surface area contributed by atoms with Crippen LogP contribution < -0.4 is 16.5 Å². The van der Waals surface area contributed by atoms with Gasteiger partial charge in [0, 0.05) is 11.1 Å². The van der Waals surface area contributed by atoms with Crippen molar-refractivity contribution < 1.29 is 4.79 Å². The van der Waals surface area contributed by atoms with Crippen LogP contribution in [0.15, 0.2) is 29.4 Å². The lowest BCUT2D eigenvalue weighted by atomic mass is 9.54. The number of carbonyl (C=O) groups is 1. The van der Waals surface area contributed by atoms with Crippen molar-refractivity contribution in [1.82, 2.24) is 10.7 Å². The molecule has 1 atom stereocenters. The fourth-order valence-electron chi connectivity index (χ4n) is 5.70. The van der Waals surface area contributed by atoms with E-state index in [1.54, 1.807) is 24.3 Å². The van der Waals surface area contributed by atoms with E-state index < -0.39 is 5.92 Å². The summed E-state index contributed by atoms with van der Waals surface area (Å²) in [6, 6.07) is 9.16. The minimum absolute atomic E-state index is 0.0577. The quantitative estimate of drug-likeness (QED) is 0.379. The summed E-state index contributed by atoms with van der Waals surface area (Å²) in [7, 11) is 0. The van der Waals surface area contributed by atoms with Crippen LogP contribution in [0.25, 0.3) is 0 Å². The van der Waals surface area contributed by atoms with Gasteiger partial charge in [0.2, 0.25) is 0 Å². The summed E-state index contributed by atoms with van der Waals surface area (Å²) >= 11 is 10.8. The van der Waals surface area contributed by atoms with E-state index in [1.807, 2.05) is 0 Å². The van der Waals surface area contributed by atoms with Gasteiger partial charge in [0.05, 0.1) is 6.07 Å². The standard InChI is InChI=1S/C21H24ClN5OS/c22-16-3-1-13(2-4-16)17(10-23)19(26-27-21(24)29)20(28)25-18-14-6-11-5-12(8-14)9-15(18)7-11/h1-4,11-12,14-15,17-18H,5-9H2,(H,25,28)(H3,24,27,29)/b26-19+. The largest absolute Gasteiger partial charge is 0.375 e. The van der Waals surface area contributed by atoms with Gasteiger partial charge in [0.15, 0.2) is 5.11 Å². The third-order valence-electron chi connectivity index (χ3n) is 6.65. The normalized spacial score (nSPS) is 31.0. The molecule has 5 rings (SSSR count). The van der Waals surface area contributed by atoms with Gasteiger partial charge in [-0.1, -0.05) is 23.7 Å². The van der Waals surface area contributed by atoms with E-state index in [-0.39, 0.29) is 22.8 Å². The number of carbonyl (C=O) groups excluding carboxylic acids is 1. The summed E-state index contributed by atoms with van der Waals surface area (Å²) in [5.74, 6) is 1.48. The van der Waals surface area contributed by atoms with Crippen LogP contribution in [0.1, 0.15) is 43.6 Å². The molecular formula is C21H24ClN5OS. The summed E-state index contributed by atoms with van der Waals surface area (Å²) in [4.78, 5) is 13.2. The zero-order chi connectivity index (χ0) is 20.5. The molecule has 1 aromatic rings. The zero-order valence-electron chi connectivity index (χ0n) is 16.0. The monoisotopic (exact) mass is 429 g/mol. The fraction of sp³-hybridized carbons (Fsp3) is 0.524. The van der Waals surface area contributed by atoms with Crippen molar-refractivity contribution in [3.8, 4) is 6.07 Å². The zero-order valence-corrected chi connectivity index (χ0v) is 17.5. The molecule has 4 aliphatic rings. The molecule has 0 heterocycles. The second-order valence-corrected chi connectivity index (χ2v) is 9.39. The maximum absolute atomic E-state index is 13.2. The van der Waals surface area contributed by atoms with Gasteiger partial charge >= 0.3 is 0 Å². The maximum Gasteiger partial charge on any atom is 0.269 e. The number of nitriles is 1. The van der Waals surface area contributed by atoms with E-state index >= 15 is 0 Å². The van der Waals surface area contributed by atoms with Gasteiger partial charge in [-0.05, 0) is 85.7 Å². The Kier molecular flexibility index (Phi) is 5.75. The van der Waals surface area contributed by atoms with Gasteiger partial charge in [-0.15, -0.1) is 0 Å². The number of hydrazone groups is 1. The number of amides is 1. The molecule has 0 saturated heterocycles. The van der Waals surface area contributed by atoms with Gasteiger partial charge in [-0.25, -0.2) is 0 Å². The number of halogens is 1. The van der Waals surface area contributed by atoms with Crippen molar-refractivity contribution in [1.29, 1.82) is 5.26 Å². The Labute approximate surface area is 180 Å². The number of benzene rings is 1. The molecule has 4 aliphatic carbocycles. The van der Waals surface area contributed by atoms with Crippen molar-refractivity contribution in [3.05, 3.63) is 34.9 Å². The third-order valence-corrected chi connectivity index (χ3v) is 6.99. The van der Waals surface area contributed by atoms with E-state index in [1.165, 1.54) is 32.1 Å². The highest BCUT2D eigenvalue weighted by Crippen LogP contribution is 2.53. The summed E-state index contributed by atoms with van der Waals surface area (Å²) < 4.78 is 0. The molecule has 0 radical (unpaired) electrons. The average Bonchev–Trinajstić information content (AvgIpc) is 2.68. The van der Waals surface area contributed by atoms with Gasteiger partial charge in [0.25, 0.3) is 5.91 Å². The summed E-state index contributed by atoms with van der Waals surface area (Å²) in [6.07, 6.45) is 6.11. The number of thiocarbonyl (C=S) groups is 1. The van der Waals surface area contributed by atoms with Gasteiger partial charge < -0.3 is 11.1 Å². The second-order valence-electron chi connectivity index (χ2n) is 8.52. The molecule has 6 nitrogen and oxygen atoms in total. The van der Waals surface area contributed by atoms with Gasteiger partial charge in [-0.2, -0.15) is 10.4 Å². The number of rotatable bonds is 5. The third kappa shape index (κ3) is 4.24. The number of nitrogens with zero attached hydrogens (tertiary/aromatic N) is 2. The lowest BCUT2D eigenvalue weighted by molar-refractivity contribution is -0.118. The topological polar surface area (TPSA) is 103 Å². The van der Waals surface area contributed by atoms with Crippen molar-refractivity contribution >= 4 is 40.6 Å². The molecule has 4 N–H and O–H groups in total. The highest BCUT2D eigenvalue weighted by molar-refractivity contribution is 7.80. The van der Waals surface area contributed by atoms with Gasteiger partial charge in [-0.3, -0.25) is 10.2 Å². The molecule has 0 spiro atoms. The smallest absolute Gasteiger partial charge is 0.269 e. The number of nitrogens with two attached hydrogens (primary N) is 1. The second kappa shape index (κ2) is 8.29. The highest BCUT2D eigenvalue weighted by Gasteiger charge is 2.49. The van der Waals surface area contributed by atoms with Crippen LogP contribution >= 0.6 is 23.8 Å². The molecule has 0 aromatic heterocycles. The number of hydrogen-bond donors (Lipinski definition) is 3. The molecule has 1 unspecified atom stereocenters. The van der Waals surface area contributed by atoms with Crippen molar-refractivity contribution in [3.63, 3.8) is 0 Å². The predicted molar refractivity (Wildman–Crippen MR) is 116 cm³/mol. The van der Waals surface area contributed by atoms with E-state index in [2.05, 4.69) is 21.9 Å².